The molecule has 90 valence electrons. The number of rotatable bonds is 6. The minimum Gasteiger partial charge on any atom is -0.493 e. The third-order valence-electron chi connectivity index (χ3n) is 2.23. The molecule has 0 saturated heterocycles. The molecular formula is C11H17NO3S. The molecule has 5 heteroatoms. The van der Waals surface area contributed by atoms with Crippen molar-refractivity contribution in [2.75, 3.05) is 27.1 Å². The number of ether oxygens (including phenoxy) is 2. The van der Waals surface area contributed by atoms with E-state index in [0.717, 1.165) is 28.4 Å². The second kappa shape index (κ2) is 6.62. The van der Waals surface area contributed by atoms with E-state index in [1.54, 1.807) is 26.0 Å². The maximum Gasteiger partial charge on any atom is 0.174 e. The first-order valence-electron chi connectivity index (χ1n) is 4.87. The molecule has 0 bridgehead atoms. The Morgan fingerprint density at radius 2 is 2.00 bits per heavy atom. The van der Waals surface area contributed by atoms with Crippen LogP contribution in [0, 0.1) is 0 Å². The summed E-state index contributed by atoms with van der Waals surface area (Å²) in [6, 6.07) is 4.00. The number of benzene rings is 1. The van der Waals surface area contributed by atoms with Crippen molar-refractivity contribution in [2.24, 2.45) is 5.90 Å². The zero-order chi connectivity index (χ0) is 12.0. The molecule has 0 aliphatic heterocycles. The van der Waals surface area contributed by atoms with E-state index in [4.69, 9.17) is 15.4 Å². The van der Waals surface area contributed by atoms with Crippen LogP contribution in [0.4, 0.5) is 0 Å². The fourth-order valence-corrected chi connectivity index (χ4v) is 2.10. The normalized spacial score (nSPS) is 10.2. The second-order valence-corrected chi connectivity index (χ2v) is 4.00. The summed E-state index contributed by atoms with van der Waals surface area (Å²) in [6.45, 7) is 0.489. The molecule has 0 spiro atoms. The molecule has 0 heterocycles. The summed E-state index contributed by atoms with van der Waals surface area (Å²) in [6.07, 6.45) is 2.75. The highest BCUT2D eigenvalue weighted by molar-refractivity contribution is 7.98. The third-order valence-corrected chi connectivity index (χ3v) is 2.98. The van der Waals surface area contributed by atoms with E-state index in [-0.39, 0.29) is 0 Å². The molecule has 0 atom stereocenters. The summed E-state index contributed by atoms with van der Waals surface area (Å²) in [5.74, 6) is 6.52. The molecule has 0 amide bonds. The lowest BCUT2D eigenvalue weighted by Crippen LogP contribution is -2.04. The molecule has 1 aromatic rings. The largest absolute Gasteiger partial charge is 0.493 e. The van der Waals surface area contributed by atoms with Gasteiger partial charge in [-0.05, 0) is 30.4 Å². The second-order valence-electron chi connectivity index (χ2n) is 3.15. The van der Waals surface area contributed by atoms with E-state index < -0.39 is 0 Å². The fourth-order valence-electron chi connectivity index (χ4n) is 1.46. The van der Waals surface area contributed by atoms with Crippen molar-refractivity contribution < 1.29 is 14.3 Å². The van der Waals surface area contributed by atoms with Crippen molar-refractivity contribution >= 4 is 11.8 Å². The highest BCUT2D eigenvalue weighted by Gasteiger charge is 2.11. The van der Waals surface area contributed by atoms with Crippen LogP contribution in [0.3, 0.4) is 0 Å². The van der Waals surface area contributed by atoms with Crippen molar-refractivity contribution in [3.8, 4) is 11.5 Å². The molecule has 1 rings (SSSR count). The molecule has 0 saturated carbocycles. The lowest BCUT2D eigenvalue weighted by Gasteiger charge is -2.13. The molecule has 0 radical (unpaired) electrons. The zero-order valence-electron chi connectivity index (χ0n) is 9.78. The van der Waals surface area contributed by atoms with Crippen LogP contribution in [0.2, 0.25) is 0 Å². The van der Waals surface area contributed by atoms with Crippen molar-refractivity contribution in [1.82, 2.24) is 0 Å². The van der Waals surface area contributed by atoms with Gasteiger partial charge in [-0.1, -0.05) is 0 Å². The molecule has 2 N–H and O–H groups in total. The minimum absolute atomic E-state index is 0.489. The fraction of sp³-hybridized carbons (Fsp3) is 0.455. The molecule has 0 aliphatic rings. The molecule has 4 nitrogen and oxygen atoms in total. The molecule has 16 heavy (non-hydrogen) atoms. The first-order chi connectivity index (χ1) is 7.76. The highest BCUT2D eigenvalue weighted by Crippen LogP contribution is 2.37. The molecule has 0 aromatic heterocycles. The predicted molar refractivity (Wildman–Crippen MR) is 65.2 cm³/mol. The summed E-state index contributed by atoms with van der Waals surface area (Å²) < 4.78 is 10.6. The van der Waals surface area contributed by atoms with Gasteiger partial charge < -0.3 is 14.3 Å². The minimum atomic E-state index is 0.489. The van der Waals surface area contributed by atoms with Crippen LogP contribution < -0.4 is 15.4 Å². The summed E-state index contributed by atoms with van der Waals surface area (Å²) in [4.78, 5) is 5.62. The molecule has 1 aromatic carbocycles. The highest BCUT2D eigenvalue weighted by atomic mass is 32.2. The SMILES string of the molecule is COc1cc(CCON)cc(SC)c1OC. The monoisotopic (exact) mass is 243 g/mol. The number of hydrogen-bond donors (Lipinski definition) is 1. The Morgan fingerprint density at radius 3 is 2.50 bits per heavy atom. The topological polar surface area (TPSA) is 53.7 Å². The van der Waals surface area contributed by atoms with Crippen LogP contribution in [0.5, 0.6) is 11.5 Å². The molecular weight excluding hydrogens is 226 g/mol. The summed E-state index contributed by atoms with van der Waals surface area (Å²) in [7, 11) is 3.27. The Labute approximate surface area is 100 Å². The lowest BCUT2D eigenvalue weighted by atomic mass is 10.1. The summed E-state index contributed by atoms with van der Waals surface area (Å²) in [5, 5.41) is 0. The van der Waals surface area contributed by atoms with Gasteiger partial charge in [-0.2, -0.15) is 0 Å². The Morgan fingerprint density at radius 1 is 1.25 bits per heavy atom. The van der Waals surface area contributed by atoms with Gasteiger partial charge in [0.2, 0.25) is 0 Å². The van der Waals surface area contributed by atoms with Crippen molar-refractivity contribution in [2.45, 2.75) is 11.3 Å². The maximum absolute atomic E-state index is 5.32. The van der Waals surface area contributed by atoms with Crippen LogP contribution in [0.1, 0.15) is 5.56 Å². The van der Waals surface area contributed by atoms with Gasteiger partial charge in [0.15, 0.2) is 11.5 Å². The van der Waals surface area contributed by atoms with E-state index in [2.05, 4.69) is 10.9 Å². The average Bonchev–Trinajstić information content (AvgIpc) is 2.34. The third kappa shape index (κ3) is 3.04. The first-order valence-corrected chi connectivity index (χ1v) is 6.09. The van der Waals surface area contributed by atoms with Crippen LogP contribution in [0.15, 0.2) is 17.0 Å². The Hall–Kier alpha value is -0.910. The number of nitrogens with two attached hydrogens (primary N) is 1. The Balaban J connectivity index is 3.05. The van der Waals surface area contributed by atoms with Gasteiger partial charge in [-0.3, -0.25) is 0 Å². The van der Waals surface area contributed by atoms with Gasteiger partial charge >= 0.3 is 0 Å². The molecule has 0 unspecified atom stereocenters. The van der Waals surface area contributed by atoms with Gasteiger partial charge in [0.1, 0.15) is 0 Å². The van der Waals surface area contributed by atoms with E-state index in [1.165, 1.54) is 0 Å². The van der Waals surface area contributed by atoms with Gasteiger partial charge in [-0.25, -0.2) is 5.90 Å². The predicted octanol–water partition coefficient (Wildman–Crippen LogP) is 1.86. The summed E-state index contributed by atoms with van der Waals surface area (Å²) in [5.41, 5.74) is 1.12. The van der Waals surface area contributed by atoms with Gasteiger partial charge in [0, 0.05) is 0 Å². The lowest BCUT2D eigenvalue weighted by molar-refractivity contribution is 0.141. The molecule has 0 fully saturated rings. The van der Waals surface area contributed by atoms with Crippen molar-refractivity contribution in [1.29, 1.82) is 0 Å². The van der Waals surface area contributed by atoms with E-state index in [9.17, 15) is 0 Å². The standard InChI is InChI=1S/C11H17NO3S/c1-13-9-6-8(4-5-15-12)7-10(16-3)11(9)14-2/h6-7H,4-5,12H2,1-3H3. The average molecular weight is 243 g/mol. The van der Waals surface area contributed by atoms with Crippen LogP contribution >= 0.6 is 11.8 Å². The number of thioether (sulfide) groups is 1. The van der Waals surface area contributed by atoms with Gasteiger partial charge in [0.05, 0.1) is 25.7 Å². The van der Waals surface area contributed by atoms with Gasteiger partial charge in [0.25, 0.3) is 0 Å². The van der Waals surface area contributed by atoms with Crippen LogP contribution in [-0.4, -0.2) is 27.1 Å². The van der Waals surface area contributed by atoms with Crippen molar-refractivity contribution in [3.63, 3.8) is 0 Å². The van der Waals surface area contributed by atoms with E-state index in [0.29, 0.717) is 6.61 Å². The Bertz CT molecular complexity index is 319. The smallest absolute Gasteiger partial charge is 0.174 e. The maximum atomic E-state index is 5.32. The summed E-state index contributed by atoms with van der Waals surface area (Å²) >= 11 is 1.62. The van der Waals surface area contributed by atoms with E-state index in [1.807, 2.05) is 12.3 Å². The zero-order valence-corrected chi connectivity index (χ0v) is 10.6. The first kappa shape index (κ1) is 13.2. The molecule has 0 aliphatic carbocycles. The van der Waals surface area contributed by atoms with E-state index >= 15 is 0 Å². The van der Waals surface area contributed by atoms with Crippen LogP contribution in [0.25, 0.3) is 0 Å². The van der Waals surface area contributed by atoms with Crippen LogP contribution in [-0.2, 0) is 11.3 Å². The van der Waals surface area contributed by atoms with Crippen molar-refractivity contribution in [3.05, 3.63) is 17.7 Å². The number of hydrogen-bond acceptors (Lipinski definition) is 5. The quantitative estimate of drug-likeness (QED) is 0.610. The van der Waals surface area contributed by atoms with Gasteiger partial charge in [-0.15, -0.1) is 11.8 Å². The Kier molecular flexibility index (Phi) is 5.45. The number of methoxy groups -OCH3 is 2.